The Morgan fingerprint density at radius 1 is 1.12 bits per heavy atom. The number of hydrogen-bond acceptors (Lipinski definition) is 4. The van der Waals surface area contributed by atoms with Gasteiger partial charge in [-0.2, -0.15) is 0 Å². The Bertz CT molecular complexity index is 821. The van der Waals surface area contributed by atoms with Gasteiger partial charge in [0.25, 0.3) is 5.91 Å². The van der Waals surface area contributed by atoms with Gasteiger partial charge in [-0.25, -0.2) is 4.79 Å². The maximum absolute atomic E-state index is 12.7. The van der Waals surface area contributed by atoms with Crippen molar-refractivity contribution in [2.75, 3.05) is 26.2 Å². The Morgan fingerprint density at radius 3 is 2.58 bits per heavy atom. The third kappa shape index (κ3) is 3.20. The van der Waals surface area contributed by atoms with E-state index in [1.54, 1.807) is 23.1 Å². The number of amides is 2. The topological polar surface area (TPSA) is 86.6 Å². The maximum Gasteiger partial charge on any atom is 0.417 e. The van der Waals surface area contributed by atoms with Gasteiger partial charge in [0.1, 0.15) is 0 Å². The molecular formula is C17H21N3O4. The normalized spacial score (nSPS) is 15.8. The van der Waals surface area contributed by atoms with E-state index in [9.17, 15) is 14.4 Å². The van der Waals surface area contributed by atoms with Crippen LogP contribution in [-0.2, 0) is 4.79 Å². The fraction of sp³-hybridized carbons (Fsp3) is 0.471. The zero-order valence-corrected chi connectivity index (χ0v) is 13.9. The van der Waals surface area contributed by atoms with E-state index in [0.717, 1.165) is 6.42 Å². The molecule has 0 radical (unpaired) electrons. The van der Waals surface area contributed by atoms with Gasteiger partial charge in [0.2, 0.25) is 5.91 Å². The van der Waals surface area contributed by atoms with E-state index >= 15 is 0 Å². The summed E-state index contributed by atoms with van der Waals surface area (Å²) in [6.07, 6.45) is 0.759. The predicted octanol–water partition coefficient (Wildman–Crippen LogP) is 1.45. The first-order valence-electron chi connectivity index (χ1n) is 8.16. The van der Waals surface area contributed by atoms with Crippen LogP contribution in [0.1, 0.15) is 30.6 Å². The number of rotatable bonds is 2. The van der Waals surface area contributed by atoms with Crippen molar-refractivity contribution in [1.29, 1.82) is 0 Å². The van der Waals surface area contributed by atoms with Gasteiger partial charge in [-0.1, -0.05) is 13.8 Å². The standard InChI is InChI=1S/C17H21N3O4/c1-11(2)15(21)19-6-3-7-20(9-8-19)16(22)12-4-5-14-13(10-12)18-17(23)24-14/h4-5,10-11H,3,6-9H2,1-2H3,(H,18,23). The monoisotopic (exact) mass is 331 g/mol. The van der Waals surface area contributed by atoms with Crippen molar-refractivity contribution in [2.24, 2.45) is 5.92 Å². The zero-order chi connectivity index (χ0) is 17.3. The first kappa shape index (κ1) is 16.3. The Hall–Kier alpha value is -2.57. The molecule has 7 heteroatoms. The SMILES string of the molecule is CC(C)C(=O)N1CCCN(C(=O)c2ccc3oc(=O)[nH]c3c2)CC1. The molecule has 1 N–H and O–H groups in total. The lowest BCUT2D eigenvalue weighted by atomic mass is 10.1. The average Bonchev–Trinajstić information content (AvgIpc) is 2.77. The Labute approximate surface area is 139 Å². The third-order valence-corrected chi connectivity index (χ3v) is 4.25. The second-order valence-electron chi connectivity index (χ2n) is 6.35. The van der Waals surface area contributed by atoms with Gasteiger partial charge in [-0.05, 0) is 24.6 Å². The van der Waals surface area contributed by atoms with E-state index in [2.05, 4.69) is 4.98 Å². The number of hydrogen-bond donors (Lipinski definition) is 1. The highest BCUT2D eigenvalue weighted by atomic mass is 16.4. The van der Waals surface area contributed by atoms with Gasteiger partial charge >= 0.3 is 5.76 Å². The molecule has 1 saturated heterocycles. The number of nitrogens with one attached hydrogen (secondary N) is 1. The Morgan fingerprint density at radius 2 is 1.83 bits per heavy atom. The van der Waals surface area contributed by atoms with E-state index in [-0.39, 0.29) is 17.7 Å². The summed E-state index contributed by atoms with van der Waals surface area (Å²) in [7, 11) is 0. The minimum Gasteiger partial charge on any atom is -0.408 e. The fourth-order valence-electron chi connectivity index (χ4n) is 2.97. The van der Waals surface area contributed by atoms with E-state index in [4.69, 9.17) is 4.42 Å². The minimum atomic E-state index is -0.535. The molecule has 0 aliphatic carbocycles. The Balaban J connectivity index is 1.74. The van der Waals surface area contributed by atoms with E-state index in [1.165, 1.54) is 0 Å². The molecule has 0 saturated carbocycles. The molecule has 1 aliphatic heterocycles. The van der Waals surface area contributed by atoms with Crippen LogP contribution in [0.25, 0.3) is 11.1 Å². The second kappa shape index (κ2) is 6.51. The summed E-state index contributed by atoms with van der Waals surface area (Å²) in [6.45, 7) is 6.12. The van der Waals surface area contributed by atoms with Crippen molar-refractivity contribution < 1.29 is 14.0 Å². The number of H-pyrrole nitrogens is 1. The van der Waals surface area contributed by atoms with Crippen LogP contribution in [0.5, 0.6) is 0 Å². The van der Waals surface area contributed by atoms with Gasteiger partial charge in [0.05, 0.1) is 5.52 Å². The van der Waals surface area contributed by atoms with Crippen molar-refractivity contribution in [1.82, 2.24) is 14.8 Å². The number of oxazole rings is 1. The van der Waals surface area contributed by atoms with E-state index in [0.29, 0.717) is 42.8 Å². The molecule has 0 bridgehead atoms. The molecule has 24 heavy (non-hydrogen) atoms. The van der Waals surface area contributed by atoms with Crippen LogP contribution in [0.15, 0.2) is 27.4 Å². The molecule has 1 fully saturated rings. The lowest BCUT2D eigenvalue weighted by Crippen LogP contribution is -2.38. The summed E-state index contributed by atoms with van der Waals surface area (Å²) >= 11 is 0. The molecule has 2 amide bonds. The summed E-state index contributed by atoms with van der Waals surface area (Å²) in [5.74, 6) is -0.542. The highest BCUT2D eigenvalue weighted by molar-refractivity contribution is 5.97. The van der Waals surface area contributed by atoms with Crippen LogP contribution < -0.4 is 5.76 Å². The first-order chi connectivity index (χ1) is 11.5. The smallest absolute Gasteiger partial charge is 0.408 e. The van der Waals surface area contributed by atoms with E-state index in [1.807, 2.05) is 18.7 Å². The highest BCUT2D eigenvalue weighted by Gasteiger charge is 2.24. The highest BCUT2D eigenvalue weighted by Crippen LogP contribution is 2.16. The van der Waals surface area contributed by atoms with Gasteiger partial charge in [0, 0.05) is 37.7 Å². The van der Waals surface area contributed by atoms with Crippen LogP contribution in [0.4, 0.5) is 0 Å². The largest absolute Gasteiger partial charge is 0.417 e. The lowest BCUT2D eigenvalue weighted by molar-refractivity contribution is -0.134. The molecular weight excluding hydrogens is 310 g/mol. The van der Waals surface area contributed by atoms with Crippen molar-refractivity contribution in [2.45, 2.75) is 20.3 Å². The van der Waals surface area contributed by atoms with E-state index < -0.39 is 5.76 Å². The van der Waals surface area contributed by atoms with Crippen LogP contribution in [-0.4, -0.2) is 52.8 Å². The van der Waals surface area contributed by atoms with Gasteiger partial charge in [-0.15, -0.1) is 0 Å². The molecule has 1 aromatic heterocycles. The summed E-state index contributed by atoms with van der Waals surface area (Å²) < 4.78 is 4.95. The quantitative estimate of drug-likeness (QED) is 0.902. The summed E-state index contributed by atoms with van der Waals surface area (Å²) in [5, 5.41) is 0. The van der Waals surface area contributed by atoms with Crippen LogP contribution in [0.2, 0.25) is 0 Å². The van der Waals surface area contributed by atoms with Gasteiger partial charge < -0.3 is 14.2 Å². The number of aromatic amines is 1. The number of benzene rings is 1. The summed E-state index contributed by atoms with van der Waals surface area (Å²) in [4.78, 5) is 42.2. The number of fused-ring (bicyclic) bond motifs is 1. The first-order valence-corrected chi connectivity index (χ1v) is 8.16. The molecule has 2 heterocycles. The number of carbonyl (C=O) groups excluding carboxylic acids is 2. The number of aromatic nitrogens is 1. The lowest BCUT2D eigenvalue weighted by Gasteiger charge is -2.23. The molecule has 0 spiro atoms. The molecule has 1 aliphatic rings. The molecule has 1 aromatic carbocycles. The molecule has 7 nitrogen and oxygen atoms in total. The summed E-state index contributed by atoms with van der Waals surface area (Å²) in [6, 6.07) is 4.90. The molecule has 2 aromatic rings. The van der Waals surface area contributed by atoms with Crippen molar-refractivity contribution >= 4 is 22.9 Å². The van der Waals surface area contributed by atoms with Gasteiger partial charge in [0.15, 0.2) is 5.58 Å². The number of nitrogens with zero attached hydrogens (tertiary/aromatic N) is 2. The van der Waals surface area contributed by atoms with Gasteiger partial charge in [-0.3, -0.25) is 14.6 Å². The van der Waals surface area contributed by atoms with Crippen molar-refractivity contribution in [3.63, 3.8) is 0 Å². The Kier molecular flexibility index (Phi) is 4.42. The van der Waals surface area contributed by atoms with Crippen LogP contribution in [0, 0.1) is 5.92 Å². The fourth-order valence-corrected chi connectivity index (χ4v) is 2.97. The molecule has 3 rings (SSSR count). The van der Waals surface area contributed by atoms with Crippen LogP contribution >= 0.6 is 0 Å². The van der Waals surface area contributed by atoms with Crippen molar-refractivity contribution in [3.8, 4) is 0 Å². The van der Waals surface area contributed by atoms with Crippen molar-refractivity contribution in [3.05, 3.63) is 34.3 Å². The average molecular weight is 331 g/mol. The molecule has 0 unspecified atom stereocenters. The minimum absolute atomic E-state index is 0.0347. The molecule has 128 valence electrons. The third-order valence-electron chi connectivity index (χ3n) is 4.25. The summed E-state index contributed by atoms with van der Waals surface area (Å²) in [5.41, 5.74) is 1.45. The molecule has 0 atom stereocenters. The second-order valence-corrected chi connectivity index (χ2v) is 6.35. The zero-order valence-electron chi connectivity index (χ0n) is 13.9. The number of carbonyl (C=O) groups is 2. The predicted molar refractivity (Wildman–Crippen MR) is 88.8 cm³/mol. The maximum atomic E-state index is 12.7. The van der Waals surface area contributed by atoms with Crippen LogP contribution in [0.3, 0.4) is 0 Å².